The first-order chi connectivity index (χ1) is 13.0. The molecule has 0 fully saturated rings. The lowest BCUT2D eigenvalue weighted by Gasteiger charge is -2.28. The van der Waals surface area contributed by atoms with Crippen LogP contribution in [-0.2, 0) is 19.5 Å². The largest absolute Gasteiger partial charge is 0.508 e. The molecule has 0 unspecified atom stereocenters. The summed E-state index contributed by atoms with van der Waals surface area (Å²) in [5.41, 5.74) is 2.41. The van der Waals surface area contributed by atoms with Gasteiger partial charge in [-0.1, -0.05) is 30.3 Å². The molecule has 1 aliphatic rings. The summed E-state index contributed by atoms with van der Waals surface area (Å²) >= 11 is 0. The Morgan fingerprint density at radius 3 is 2.48 bits per heavy atom. The molecule has 2 heterocycles. The van der Waals surface area contributed by atoms with Gasteiger partial charge >= 0.3 is 0 Å². The van der Waals surface area contributed by atoms with Crippen LogP contribution in [0.15, 0.2) is 47.3 Å². The molecule has 138 valence electrons. The SMILES string of the molecule is O=c1[nH]c(-c2ccccc2)nc2c1CCN(Cc1c(O)cc(O)cc1O)C2. The normalized spacial score (nSPS) is 14.1. The molecule has 2 aromatic carbocycles. The highest BCUT2D eigenvalue weighted by atomic mass is 16.3. The fraction of sp³-hybridized carbons (Fsp3) is 0.200. The molecular formula is C20H19N3O4. The van der Waals surface area contributed by atoms with Crippen molar-refractivity contribution in [2.75, 3.05) is 6.54 Å². The standard InChI is InChI=1S/C20H19N3O4/c24-13-8-17(25)15(18(26)9-13)10-23-7-6-14-16(11-23)21-19(22-20(14)27)12-4-2-1-3-5-12/h1-5,8-9,24-26H,6-7,10-11H2,(H,21,22,27). The Bertz CT molecular complexity index is 1020. The molecule has 0 bridgehead atoms. The minimum atomic E-state index is -0.196. The number of H-pyrrole nitrogens is 1. The Balaban J connectivity index is 1.63. The molecular weight excluding hydrogens is 346 g/mol. The van der Waals surface area contributed by atoms with E-state index in [9.17, 15) is 20.1 Å². The second-order valence-electron chi connectivity index (χ2n) is 6.63. The third kappa shape index (κ3) is 3.37. The van der Waals surface area contributed by atoms with E-state index < -0.39 is 0 Å². The van der Waals surface area contributed by atoms with Gasteiger partial charge in [0.15, 0.2) is 0 Å². The van der Waals surface area contributed by atoms with Crippen molar-refractivity contribution < 1.29 is 15.3 Å². The maximum Gasteiger partial charge on any atom is 0.254 e. The number of hydrogen-bond acceptors (Lipinski definition) is 6. The average molecular weight is 365 g/mol. The van der Waals surface area contributed by atoms with Gasteiger partial charge in [0, 0.05) is 48.5 Å². The van der Waals surface area contributed by atoms with Gasteiger partial charge in [-0.3, -0.25) is 9.69 Å². The fourth-order valence-corrected chi connectivity index (χ4v) is 3.37. The van der Waals surface area contributed by atoms with E-state index in [4.69, 9.17) is 0 Å². The van der Waals surface area contributed by atoms with E-state index >= 15 is 0 Å². The number of fused-ring (bicyclic) bond motifs is 1. The molecule has 1 aromatic heterocycles. The number of phenols is 3. The lowest BCUT2D eigenvalue weighted by Crippen LogP contribution is -2.35. The Kier molecular flexibility index (Phi) is 4.29. The molecule has 0 spiro atoms. The van der Waals surface area contributed by atoms with Crippen LogP contribution in [0.25, 0.3) is 11.4 Å². The molecule has 0 saturated carbocycles. The molecule has 0 radical (unpaired) electrons. The highest BCUT2D eigenvalue weighted by molar-refractivity contribution is 5.55. The van der Waals surface area contributed by atoms with Crippen LogP contribution in [0.3, 0.4) is 0 Å². The molecule has 7 nitrogen and oxygen atoms in total. The third-order valence-electron chi connectivity index (χ3n) is 4.77. The van der Waals surface area contributed by atoms with Gasteiger partial charge in [0.2, 0.25) is 0 Å². The minimum Gasteiger partial charge on any atom is -0.508 e. The highest BCUT2D eigenvalue weighted by Crippen LogP contribution is 2.33. The van der Waals surface area contributed by atoms with Crippen LogP contribution in [0.5, 0.6) is 17.2 Å². The predicted molar refractivity (Wildman–Crippen MR) is 99.5 cm³/mol. The van der Waals surface area contributed by atoms with Gasteiger partial charge in [0.25, 0.3) is 5.56 Å². The van der Waals surface area contributed by atoms with Crippen LogP contribution in [0.4, 0.5) is 0 Å². The number of aromatic nitrogens is 2. The number of rotatable bonds is 3. The zero-order valence-corrected chi connectivity index (χ0v) is 14.5. The molecule has 4 N–H and O–H groups in total. The first-order valence-corrected chi connectivity index (χ1v) is 8.65. The van der Waals surface area contributed by atoms with Crippen LogP contribution in [0, 0.1) is 0 Å². The van der Waals surface area contributed by atoms with Crippen LogP contribution < -0.4 is 5.56 Å². The molecule has 0 aliphatic carbocycles. The minimum absolute atomic E-state index is 0.131. The van der Waals surface area contributed by atoms with Crippen molar-refractivity contribution >= 4 is 0 Å². The maximum absolute atomic E-state index is 12.4. The molecule has 7 heteroatoms. The van der Waals surface area contributed by atoms with Gasteiger partial charge < -0.3 is 20.3 Å². The number of nitrogens with zero attached hydrogens (tertiary/aromatic N) is 2. The zero-order valence-electron chi connectivity index (χ0n) is 14.5. The van der Waals surface area contributed by atoms with Gasteiger partial charge in [0.1, 0.15) is 23.1 Å². The molecule has 0 saturated heterocycles. The maximum atomic E-state index is 12.4. The number of benzene rings is 2. The number of phenolic OH excluding ortho intramolecular Hbond substituents is 3. The van der Waals surface area contributed by atoms with Crippen molar-refractivity contribution in [2.45, 2.75) is 19.5 Å². The topological polar surface area (TPSA) is 110 Å². The van der Waals surface area contributed by atoms with Crippen molar-refractivity contribution in [2.24, 2.45) is 0 Å². The quantitative estimate of drug-likeness (QED) is 0.566. The van der Waals surface area contributed by atoms with E-state index in [1.807, 2.05) is 35.2 Å². The number of aromatic hydroxyl groups is 3. The summed E-state index contributed by atoms with van der Waals surface area (Å²) in [7, 11) is 0. The summed E-state index contributed by atoms with van der Waals surface area (Å²) in [5.74, 6) is -0.000694. The zero-order chi connectivity index (χ0) is 19.0. The Morgan fingerprint density at radius 2 is 1.78 bits per heavy atom. The van der Waals surface area contributed by atoms with Gasteiger partial charge in [-0.15, -0.1) is 0 Å². The van der Waals surface area contributed by atoms with Crippen LogP contribution in [0.2, 0.25) is 0 Å². The smallest absolute Gasteiger partial charge is 0.254 e. The van der Waals surface area contributed by atoms with Crippen LogP contribution in [-0.4, -0.2) is 36.7 Å². The Hall–Kier alpha value is -3.32. The van der Waals surface area contributed by atoms with Crippen molar-refractivity contribution in [3.63, 3.8) is 0 Å². The van der Waals surface area contributed by atoms with Crippen LogP contribution >= 0.6 is 0 Å². The molecule has 27 heavy (non-hydrogen) atoms. The number of hydrogen-bond donors (Lipinski definition) is 4. The summed E-state index contributed by atoms with van der Waals surface area (Å²) in [6.45, 7) is 1.31. The average Bonchev–Trinajstić information content (AvgIpc) is 2.65. The Labute approximate surface area is 155 Å². The molecule has 0 amide bonds. The Morgan fingerprint density at radius 1 is 1.07 bits per heavy atom. The lowest BCUT2D eigenvalue weighted by atomic mass is 10.0. The number of nitrogens with one attached hydrogen (secondary N) is 1. The van der Waals surface area contributed by atoms with E-state index in [0.29, 0.717) is 42.2 Å². The van der Waals surface area contributed by atoms with E-state index in [0.717, 1.165) is 5.56 Å². The van der Waals surface area contributed by atoms with E-state index in [2.05, 4.69) is 9.97 Å². The predicted octanol–water partition coefficient (Wildman–Crippen LogP) is 2.11. The van der Waals surface area contributed by atoms with Crippen molar-refractivity contribution in [1.82, 2.24) is 14.9 Å². The van der Waals surface area contributed by atoms with Crippen LogP contribution in [0.1, 0.15) is 16.8 Å². The van der Waals surface area contributed by atoms with Gasteiger partial charge in [0.05, 0.1) is 5.69 Å². The lowest BCUT2D eigenvalue weighted by molar-refractivity contribution is 0.234. The summed E-state index contributed by atoms with van der Waals surface area (Å²) in [6, 6.07) is 11.8. The summed E-state index contributed by atoms with van der Waals surface area (Å²) in [6.07, 6.45) is 0.534. The van der Waals surface area contributed by atoms with Crippen molar-refractivity contribution in [3.8, 4) is 28.6 Å². The summed E-state index contributed by atoms with van der Waals surface area (Å²) in [5, 5.41) is 29.5. The molecule has 3 aromatic rings. The van der Waals surface area contributed by atoms with Crippen molar-refractivity contribution in [3.05, 3.63) is 69.6 Å². The van der Waals surface area contributed by atoms with E-state index in [1.165, 1.54) is 12.1 Å². The highest BCUT2D eigenvalue weighted by Gasteiger charge is 2.23. The third-order valence-corrected chi connectivity index (χ3v) is 4.77. The summed E-state index contributed by atoms with van der Waals surface area (Å²) < 4.78 is 0. The van der Waals surface area contributed by atoms with Crippen molar-refractivity contribution in [1.29, 1.82) is 0 Å². The monoisotopic (exact) mass is 365 g/mol. The second-order valence-corrected chi connectivity index (χ2v) is 6.63. The molecule has 0 atom stereocenters. The van der Waals surface area contributed by atoms with Gasteiger partial charge in [-0.25, -0.2) is 4.98 Å². The summed E-state index contributed by atoms with van der Waals surface area (Å²) in [4.78, 5) is 21.9. The van der Waals surface area contributed by atoms with Gasteiger partial charge in [-0.2, -0.15) is 0 Å². The first kappa shape index (κ1) is 17.1. The fourth-order valence-electron chi connectivity index (χ4n) is 3.37. The van der Waals surface area contributed by atoms with E-state index in [1.54, 1.807) is 0 Å². The van der Waals surface area contributed by atoms with E-state index in [-0.39, 0.29) is 29.4 Å². The molecule has 4 rings (SSSR count). The van der Waals surface area contributed by atoms with Gasteiger partial charge in [-0.05, 0) is 6.42 Å². The molecule has 1 aliphatic heterocycles. The first-order valence-electron chi connectivity index (χ1n) is 8.65. The number of aromatic amines is 1. The second kappa shape index (κ2) is 6.77.